The number of benzene rings is 2. The molecule has 2 aromatic carbocycles. The van der Waals surface area contributed by atoms with Crippen molar-refractivity contribution in [3.63, 3.8) is 0 Å². The van der Waals surface area contributed by atoms with Crippen LogP contribution in [0.2, 0.25) is 0 Å². The Bertz CT molecular complexity index is 1070. The largest absolute Gasteiger partial charge is 0.486 e. The van der Waals surface area contributed by atoms with Crippen LogP contribution in [0.4, 0.5) is 0 Å². The van der Waals surface area contributed by atoms with Crippen LogP contribution in [0.3, 0.4) is 0 Å². The van der Waals surface area contributed by atoms with Gasteiger partial charge in [-0.2, -0.15) is 0 Å². The number of rotatable bonds is 6. The number of hydrogen-bond donors (Lipinski definition) is 0. The second kappa shape index (κ2) is 9.39. The molecule has 0 bridgehead atoms. The summed E-state index contributed by atoms with van der Waals surface area (Å²) < 4.78 is 11.8. The van der Waals surface area contributed by atoms with Crippen LogP contribution in [0.15, 0.2) is 59.8 Å². The molecule has 0 aliphatic carbocycles. The van der Waals surface area contributed by atoms with Crippen molar-refractivity contribution in [2.45, 2.75) is 30.9 Å². The van der Waals surface area contributed by atoms with E-state index in [0.717, 1.165) is 27.9 Å². The molecule has 2 heterocycles. The number of aryl methyl sites for hydroxylation is 2. The molecule has 0 radical (unpaired) electrons. The Balaban J connectivity index is 1.42. The minimum Gasteiger partial charge on any atom is -0.486 e. The van der Waals surface area contributed by atoms with Crippen LogP contribution in [0.5, 0.6) is 11.5 Å². The number of para-hydroxylation sites is 2. The maximum Gasteiger partial charge on any atom is 0.254 e. The van der Waals surface area contributed by atoms with Crippen molar-refractivity contribution in [2.24, 2.45) is 0 Å². The van der Waals surface area contributed by atoms with E-state index in [4.69, 9.17) is 9.47 Å². The summed E-state index contributed by atoms with van der Waals surface area (Å²) in [4.78, 5) is 23.8. The Morgan fingerprint density at radius 1 is 1.06 bits per heavy atom. The number of likely N-dealkylation sites (N-methyl/N-ethyl adjacent to an activating group) is 1. The van der Waals surface area contributed by atoms with Crippen molar-refractivity contribution in [2.75, 3.05) is 20.2 Å². The molecule has 1 aliphatic heterocycles. The fourth-order valence-corrected chi connectivity index (χ4v) is 4.46. The van der Waals surface area contributed by atoms with E-state index in [1.807, 2.05) is 68.4 Å². The van der Waals surface area contributed by atoms with Gasteiger partial charge in [0.25, 0.3) is 5.91 Å². The minimum absolute atomic E-state index is 0.0417. The maximum absolute atomic E-state index is 13.2. The lowest BCUT2D eigenvalue weighted by molar-refractivity contribution is 0.0520. The van der Waals surface area contributed by atoms with Gasteiger partial charge in [-0.3, -0.25) is 4.79 Å². The standard InChI is InChI=1S/C24H25N3O3S/c1-16-12-17(2)26-24(25-16)31-15-18-8-4-5-9-20(18)23(28)27(3)13-19-14-29-21-10-6-7-11-22(21)30-19/h4-12,19H,13-15H2,1-3H3/t19-/m1/s1. The average molecular weight is 436 g/mol. The monoisotopic (exact) mass is 435 g/mol. The van der Waals surface area contributed by atoms with E-state index in [-0.39, 0.29) is 12.0 Å². The van der Waals surface area contributed by atoms with Crippen LogP contribution < -0.4 is 9.47 Å². The lowest BCUT2D eigenvalue weighted by Crippen LogP contribution is -2.42. The SMILES string of the molecule is Cc1cc(C)nc(SCc2ccccc2C(=O)N(C)C[C@@H]2COc3ccccc3O2)n1. The van der Waals surface area contributed by atoms with Gasteiger partial charge in [0, 0.05) is 29.8 Å². The predicted octanol–water partition coefficient (Wildman–Crippen LogP) is 4.30. The summed E-state index contributed by atoms with van der Waals surface area (Å²) in [6.07, 6.45) is -0.214. The zero-order valence-electron chi connectivity index (χ0n) is 17.9. The van der Waals surface area contributed by atoms with Gasteiger partial charge in [-0.15, -0.1) is 0 Å². The van der Waals surface area contributed by atoms with Gasteiger partial charge < -0.3 is 14.4 Å². The highest BCUT2D eigenvalue weighted by Crippen LogP contribution is 2.31. The summed E-state index contributed by atoms with van der Waals surface area (Å²) in [6, 6.07) is 17.2. The molecule has 6 nitrogen and oxygen atoms in total. The molecule has 1 atom stereocenters. The zero-order valence-corrected chi connectivity index (χ0v) is 18.7. The van der Waals surface area contributed by atoms with Crippen molar-refractivity contribution in [3.8, 4) is 11.5 Å². The number of ether oxygens (including phenoxy) is 2. The third kappa shape index (κ3) is 5.17. The Morgan fingerprint density at radius 3 is 2.52 bits per heavy atom. The average Bonchev–Trinajstić information content (AvgIpc) is 2.76. The van der Waals surface area contributed by atoms with Crippen LogP contribution in [-0.4, -0.2) is 47.1 Å². The molecule has 31 heavy (non-hydrogen) atoms. The Morgan fingerprint density at radius 2 is 1.74 bits per heavy atom. The van der Waals surface area contributed by atoms with E-state index in [0.29, 0.717) is 30.2 Å². The molecule has 7 heteroatoms. The molecule has 0 saturated carbocycles. The summed E-state index contributed by atoms with van der Waals surface area (Å²) in [6.45, 7) is 4.77. The smallest absolute Gasteiger partial charge is 0.254 e. The number of nitrogens with zero attached hydrogens (tertiary/aromatic N) is 3. The lowest BCUT2D eigenvalue weighted by Gasteiger charge is -2.30. The van der Waals surface area contributed by atoms with Crippen LogP contribution in [0, 0.1) is 13.8 Å². The van der Waals surface area contributed by atoms with Crippen LogP contribution in [0.1, 0.15) is 27.3 Å². The summed E-state index contributed by atoms with van der Waals surface area (Å²) in [5.41, 5.74) is 3.52. The molecule has 1 amide bonds. The van der Waals surface area contributed by atoms with Crippen molar-refractivity contribution in [3.05, 3.63) is 77.1 Å². The van der Waals surface area contributed by atoms with Gasteiger partial charge in [-0.05, 0) is 43.7 Å². The number of fused-ring (bicyclic) bond motifs is 1. The first-order chi connectivity index (χ1) is 15.0. The van der Waals surface area contributed by atoms with Crippen molar-refractivity contribution >= 4 is 17.7 Å². The predicted molar refractivity (Wildman–Crippen MR) is 121 cm³/mol. The third-order valence-corrected chi connectivity index (χ3v) is 5.85. The quantitative estimate of drug-likeness (QED) is 0.425. The van der Waals surface area contributed by atoms with E-state index in [1.54, 1.807) is 11.9 Å². The molecule has 0 fully saturated rings. The van der Waals surface area contributed by atoms with Crippen LogP contribution in [0.25, 0.3) is 0 Å². The number of amides is 1. The molecule has 0 N–H and O–H groups in total. The molecule has 4 rings (SSSR count). The van der Waals surface area contributed by atoms with Crippen LogP contribution in [-0.2, 0) is 5.75 Å². The number of aromatic nitrogens is 2. The normalized spacial score (nSPS) is 14.9. The van der Waals surface area contributed by atoms with Gasteiger partial charge in [0.2, 0.25) is 0 Å². The third-order valence-electron chi connectivity index (χ3n) is 4.96. The summed E-state index contributed by atoms with van der Waals surface area (Å²) >= 11 is 1.54. The highest BCUT2D eigenvalue weighted by Gasteiger charge is 2.25. The Kier molecular flexibility index (Phi) is 6.42. The van der Waals surface area contributed by atoms with E-state index in [2.05, 4.69) is 9.97 Å². The first kappa shape index (κ1) is 21.2. The molecular formula is C24H25N3O3S. The summed E-state index contributed by atoms with van der Waals surface area (Å²) in [7, 11) is 1.79. The molecule has 1 aromatic heterocycles. The van der Waals surface area contributed by atoms with Gasteiger partial charge in [0.15, 0.2) is 22.8 Å². The van der Waals surface area contributed by atoms with Gasteiger partial charge in [0.1, 0.15) is 6.61 Å². The fraction of sp³-hybridized carbons (Fsp3) is 0.292. The molecule has 0 unspecified atom stereocenters. The molecular weight excluding hydrogens is 410 g/mol. The molecule has 160 valence electrons. The Hall–Kier alpha value is -3.06. The van der Waals surface area contributed by atoms with Gasteiger partial charge in [-0.1, -0.05) is 42.1 Å². The number of hydrogen-bond acceptors (Lipinski definition) is 6. The number of carbonyl (C=O) groups is 1. The van der Waals surface area contributed by atoms with Crippen LogP contribution >= 0.6 is 11.8 Å². The Labute approximate surface area is 186 Å². The van der Waals surface area contributed by atoms with E-state index >= 15 is 0 Å². The fourth-order valence-electron chi connectivity index (χ4n) is 3.50. The van der Waals surface area contributed by atoms with Gasteiger partial charge >= 0.3 is 0 Å². The first-order valence-corrected chi connectivity index (χ1v) is 11.1. The second-order valence-corrected chi connectivity index (χ2v) is 8.50. The molecule has 0 saturated heterocycles. The zero-order chi connectivity index (χ0) is 21.8. The number of carbonyl (C=O) groups excluding carboxylic acids is 1. The summed E-state index contributed by atoms with van der Waals surface area (Å²) in [5, 5.41) is 0.722. The van der Waals surface area contributed by atoms with E-state index in [1.165, 1.54) is 11.8 Å². The maximum atomic E-state index is 13.2. The molecule has 0 spiro atoms. The van der Waals surface area contributed by atoms with Gasteiger partial charge in [-0.25, -0.2) is 9.97 Å². The number of thioether (sulfide) groups is 1. The molecule has 1 aliphatic rings. The van der Waals surface area contributed by atoms with E-state index in [9.17, 15) is 4.79 Å². The summed E-state index contributed by atoms with van der Waals surface area (Å²) in [5.74, 6) is 2.03. The lowest BCUT2D eigenvalue weighted by atomic mass is 10.1. The van der Waals surface area contributed by atoms with Gasteiger partial charge in [0.05, 0.1) is 6.54 Å². The second-order valence-electron chi connectivity index (χ2n) is 7.56. The van der Waals surface area contributed by atoms with Crippen molar-refractivity contribution < 1.29 is 14.3 Å². The highest BCUT2D eigenvalue weighted by molar-refractivity contribution is 7.98. The van der Waals surface area contributed by atoms with Crippen molar-refractivity contribution in [1.29, 1.82) is 0 Å². The topological polar surface area (TPSA) is 64.6 Å². The molecule has 3 aromatic rings. The van der Waals surface area contributed by atoms with E-state index < -0.39 is 0 Å². The van der Waals surface area contributed by atoms with Crippen molar-refractivity contribution in [1.82, 2.24) is 14.9 Å². The first-order valence-electron chi connectivity index (χ1n) is 10.2. The highest BCUT2D eigenvalue weighted by atomic mass is 32.2. The minimum atomic E-state index is -0.214.